The molecule has 0 unspecified atom stereocenters. The monoisotopic (exact) mass is 466 g/mol. The van der Waals surface area contributed by atoms with Crippen LogP contribution >= 0.6 is 43.5 Å². The molecule has 0 spiro atoms. The minimum atomic E-state index is -0.681. The summed E-state index contributed by atoms with van der Waals surface area (Å²) in [7, 11) is 0. The highest BCUT2D eigenvalue weighted by molar-refractivity contribution is 9.11. The molecular formula is C18H9Br2ClO3. The minimum absolute atomic E-state index is 0.0317. The lowest BCUT2D eigenvalue weighted by Crippen LogP contribution is -2.12. The summed E-state index contributed by atoms with van der Waals surface area (Å²) < 4.78 is 6.71. The first-order valence-corrected chi connectivity index (χ1v) is 8.82. The van der Waals surface area contributed by atoms with Gasteiger partial charge in [-0.1, -0.05) is 45.7 Å². The van der Waals surface area contributed by atoms with E-state index in [1.807, 2.05) is 6.07 Å². The van der Waals surface area contributed by atoms with Gasteiger partial charge in [0.2, 0.25) is 0 Å². The summed E-state index contributed by atoms with van der Waals surface area (Å²) in [6.45, 7) is 0. The minimum Gasteiger partial charge on any atom is -0.421 e. The molecule has 0 bridgehead atoms. The first-order chi connectivity index (χ1) is 11.5. The van der Waals surface area contributed by atoms with Crippen molar-refractivity contribution in [3.8, 4) is 0 Å². The number of ketones is 1. The molecule has 0 aliphatic heterocycles. The van der Waals surface area contributed by atoms with Crippen LogP contribution in [0.2, 0.25) is 5.02 Å². The Labute approximate surface area is 159 Å². The van der Waals surface area contributed by atoms with Crippen LogP contribution in [-0.2, 0) is 0 Å². The molecule has 0 amide bonds. The van der Waals surface area contributed by atoms with Crippen molar-refractivity contribution in [2.45, 2.75) is 0 Å². The molecule has 6 heteroatoms. The van der Waals surface area contributed by atoms with Gasteiger partial charge in [-0.25, -0.2) is 4.79 Å². The predicted molar refractivity (Wildman–Crippen MR) is 103 cm³/mol. The van der Waals surface area contributed by atoms with Gasteiger partial charge < -0.3 is 4.42 Å². The average Bonchev–Trinajstić information content (AvgIpc) is 2.54. The summed E-state index contributed by atoms with van der Waals surface area (Å²) in [6.07, 6.45) is 2.89. The Morgan fingerprint density at radius 1 is 1.12 bits per heavy atom. The second-order valence-corrected chi connectivity index (χ2v) is 7.15. The molecule has 0 fully saturated rings. The zero-order valence-corrected chi connectivity index (χ0v) is 16.0. The molecule has 0 atom stereocenters. The van der Waals surface area contributed by atoms with E-state index in [0.29, 0.717) is 26.0 Å². The molecule has 0 saturated carbocycles. The predicted octanol–water partition coefficient (Wildman–Crippen LogP) is 5.87. The molecular weight excluding hydrogens is 459 g/mol. The number of rotatable bonds is 3. The van der Waals surface area contributed by atoms with Crippen LogP contribution in [0.1, 0.15) is 15.9 Å². The van der Waals surface area contributed by atoms with Gasteiger partial charge in [0.05, 0.1) is 4.47 Å². The maximum atomic E-state index is 12.4. The van der Waals surface area contributed by atoms with Gasteiger partial charge in [0, 0.05) is 14.9 Å². The van der Waals surface area contributed by atoms with Crippen LogP contribution in [0.15, 0.2) is 66.7 Å². The van der Waals surface area contributed by atoms with E-state index < -0.39 is 11.4 Å². The maximum Gasteiger partial charge on any atom is 0.347 e. The van der Waals surface area contributed by atoms with Gasteiger partial charge in [-0.15, -0.1) is 0 Å². The second kappa shape index (κ2) is 7.05. The van der Waals surface area contributed by atoms with Crippen LogP contribution < -0.4 is 5.63 Å². The number of benzene rings is 2. The number of hydrogen-bond acceptors (Lipinski definition) is 3. The lowest BCUT2D eigenvalue weighted by atomic mass is 10.1. The van der Waals surface area contributed by atoms with Gasteiger partial charge in [-0.3, -0.25) is 4.79 Å². The summed E-state index contributed by atoms with van der Waals surface area (Å²) in [4.78, 5) is 24.5. The number of fused-ring (bicyclic) bond motifs is 1. The Morgan fingerprint density at radius 3 is 2.62 bits per heavy atom. The Balaban J connectivity index is 2.03. The fourth-order valence-electron chi connectivity index (χ4n) is 2.19. The molecule has 3 aromatic rings. The Hall–Kier alpha value is -1.69. The van der Waals surface area contributed by atoms with Gasteiger partial charge in [0.1, 0.15) is 5.56 Å². The molecule has 1 aromatic heterocycles. The van der Waals surface area contributed by atoms with E-state index in [2.05, 4.69) is 31.9 Å². The molecule has 0 N–H and O–H groups in total. The summed E-state index contributed by atoms with van der Waals surface area (Å²) in [5.41, 5.74) is 0.383. The van der Waals surface area contributed by atoms with Gasteiger partial charge in [-0.05, 0) is 57.9 Å². The molecule has 1 heterocycles. The van der Waals surface area contributed by atoms with Crippen LogP contribution in [-0.4, -0.2) is 5.78 Å². The smallest absolute Gasteiger partial charge is 0.347 e. The van der Waals surface area contributed by atoms with Gasteiger partial charge >= 0.3 is 5.63 Å². The summed E-state index contributed by atoms with van der Waals surface area (Å²) in [5, 5.41) is 1.17. The summed E-state index contributed by atoms with van der Waals surface area (Å²) >= 11 is 12.8. The first kappa shape index (κ1) is 17.1. The third-order valence-electron chi connectivity index (χ3n) is 3.34. The van der Waals surface area contributed by atoms with E-state index >= 15 is 0 Å². The lowest BCUT2D eigenvalue weighted by molar-refractivity contribution is 0.104. The van der Waals surface area contributed by atoms with Gasteiger partial charge in [-0.2, -0.15) is 0 Å². The highest BCUT2D eigenvalue weighted by atomic mass is 79.9. The van der Waals surface area contributed by atoms with Crippen molar-refractivity contribution >= 4 is 66.3 Å². The molecule has 0 saturated heterocycles. The molecule has 0 aliphatic carbocycles. The quantitative estimate of drug-likeness (QED) is 0.275. The molecule has 0 aliphatic rings. The standard InChI is InChI=1S/C18H9Br2ClO3/c19-12-7-11-8-13(18(23)24-17(11)14(20)9-12)16(22)6-5-10-3-1-2-4-15(10)21/h1-9H/b6-5+. The molecule has 3 nitrogen and oxygen atoms in total. The highest BCUT2D eigenvalue weighted by Crippen LogP contribution is 2.28. The Morgan fingerprint density at radius 2 is 1.88 bits per heavy atom. The largest absolute Gasteiger partial charge is 0.421 e. The van der Waals surface area contributed by atoms with Crippen molar-refractivity contribution in [1.29, 1.82) is 0 Å². The first-order valence-electron chi connectivity index (χ1n) is 6.85. The van der Waals surface area contributed by atoms with Gasteiger partial charge in [0.25, 0.3) is 0 Å². The Kier molecular flexibility index (Phi) is 5.04. The molecule has 120 valence electrons. The zero-order chi connectivity index (χ0) is 17.3. The van der Waals surface area contributed by atoms with Crippen molar-refractivity contribution in [2.24, 2.45) is 0 Å². The Bertz CT molecular complexity index is 1040. The van der Waals surface area contributed by atoms with Crippen molar-refractivity contribution in [3.05, 3.63) is 84.1 Å². The fourth-order valence-corrected chi connectivity index (χ4v) is 3.73. The topological polar surface area (TPSA) is 47.3 Å². The normalized spacial score (nSPS) is 11.3. The number of allylic oxidation sites excluding steroid dienone is 1. The molecule has 0 radical (unpaired) electrons. The van der Waals surface area contributed by atoms with Crippen LogP contribution in [0.3, 0.4) is 0 Å². The highest BCUT2D eigenvalue weighted by Gasteiger charge is 2.13. The third kappa shape index (κ3) is 3.53. The molecule has 24 heavy (non-hydrogen) atoms. The molecule has 2 aromatic carbocycles. The van der Waals surface area contributed by atoms with E-state index in [1.54, 1.807) is 36.4 Å². The van der Waals surface area contributed by atoms with Gasteiger partial charge in [0.15, 0.2) is 11.4 Å². The molecule has 3 rings (SSSR count). The number of carbonyl (C=O) groups is 1. The van der Waals surface area contributed by atoms with Crippen molar-refractivity contribution in [1.82, 2.24) is 0 Å². The summed E-state index contributed by atoms with van der Waals surface area (Å²) in [6, 6.07) is 12.2. The van der Waals surface area contributed by atoms with Crippen LogP contribution in [0.4, 0.5) is 0 Å². The number of hydrogen-bond donors (Lipinski definition) is 0. The van der Waals surface area contributed by atoms with Crippen molar-refractivity contribution in [2.75, 3.05) is 0 Å². The lowest BCUT2D eigenvalue weighted by Gasteiger charge is -2.03. The van der Waals surface area contributed by atoms with E-state index in [4.69, 9.17) is 16.0 Å². The second-order valence-electron chi connectivity index (χ2n) is 4.97. The number of halogens is 3. The van der Waals surface area contributed by atoms with E-state index in [9.17, 15) is 9.59 Å². The van der Waals surface area contributed by atoms with Crippen LogP contribution in [0.25, 0.3) is 17.0 Å². The van der Waals surface area contributed by atoms with E-state index in [1.165, 1.54) is 12.1 Å². The zero-order valence-electron chi connectivity index (χ0n) is 12.1. The number of carbonyl (C=O) groups excluding carboxylic acids is 1. The fraction of sp³-hybridized carbons (Fsp3) is 0. The van der Waals surface area contributed by atoms with E-state index in [0.717, 1.165) is 4.47 Å². The third-order valence-corrected chi connectivity index (χ3v) is 4.73. The van der Waals surface area contributed by atoms with Crippen LogP contribution in [0.5, 0.6) is 0 Å². The van der Waals surface area contributed by atoms with Crippen molar-refractivity contribution in [3.63, 3.8) is 0 Å². The SMILES string of the molecule is O=C(/C=C/c1ccccc1Cl)c1cc2cc(Br)cc(Br)c2oc1=O. The van der Waals surface area contributed by atoms with E-state index in [-0.39, 0.29) is 5.56 Å². The maximum absolute atomic E-state index is 12.4. The van der Waals surface area contributed by atoms with Crippen molar-refractivity contribution < 1.29 is 9.21 Å². The van der Waals surface area contributed by atoms with Crippen LogP contribution in [0, 0.1) is 0 Å². The summed E-state index contributed by atoms with van der Waals surface area (Å²) in [5.74, 6) is -0.443. The average molecular weight is 469 g/mol.